The standard InChI is InChI=1S/C17H21N3OS.2ClH/c1-12-3-5-14(6-4-12)17-19-15(11-22-17)9-16(21)20-8-7-18-13(2)10-20;;/h3-6,11,13,18H,7-10H2,1-2H3;2*1H. The summed E-state index contributed by atoms with van der Waals surface area (Å²) < 4.78 is 0. The van der Waals surface area contributed by atoms with Crippen molar-refractivity contribution in [2.45, 2.75) is 26.3 Å². The van der Waals surface area contributed by atoms with Gasteiger partial charge in [0.25, 0.3) is 0 Å². The van der Waals surface area contributed by atoms with Crippen molar-refractivity contribution in [1.29, 1.82) is 0 Å². The molecule has 0 radical (unpaired) electrons. The molecule has 1 aromatic carbocycles. The predicted molar refractivity (Wildman–Crippen MR) is 105 cm³/mol. The van der Waals surface area contributed by atoms with E-state index in [4.69, 9.17) is 0 Å². The summed E-state index contributed by atoms with van der Waals surface area (Å²) in [5.74, 6) is 0.175. The molecule has 1 fully saturated rings. The van der Waals surface area contributed by atoms with Gasteiger partial charge in [-0.05, 0) is 13.8 Å². The lowest BCUT2D eigenvalue weighted by Crippen LogP contribution is -2.51. The van der Waals surface area contributed by atoms with Crippen molar-refractivity contribution in [3.63, 3.8) is 0 Å². The van der Waals surface area contributed by atoms with Crippen LogP contribution < -0.4 is 5.32 Å². The first-order valence-corrected chi connectivity index (χ1v) is 8.52. The lowest BCUT2D eigenvalue weighted by atomic mass is 10.1. The molecule has 4 nitrogen and oxygen atoms in total. The lowest BCUT2D eigenvalue weighted by Gasteiger charge is -2.31. The van der Waals surface area contributed by atoms with Crippen molar-refractivity contribution >= 4 is 42.1 Å². The molecule has 7 heteroatoms. The molecule has 0 bridgehead atoms. The number of benzene rings is 1. The van der Waals surface area contributed by atoms with Crippen LogP contribution in [0.2, 0.25) is 0 Å². The van der Waals surface area contributed by atoms with Gasteiger partial charge in [-0.1, -0.05) is 29.8 Å². The molecule has 1 saturated heterocycles. The average Bonchev–Trinajstić information content (AvgIpc) is 2.96. The number of carbonyl (C=O) groups excluding carboxylic acids is 1. The summed E-state index contributed by atoms with van der Waals surface area (Å²) in [6.45, 7) is 6.63. The first kappa shape index (κ1) is 20.9. The highest BCUT2D eigenvalue weighted by molar-refractivity contribution is 7.13. The minimum Gasteiger partial charge on any atom is -0.340 e. The SMILES string of the molecule is Cc1ccc(-c2nc(CC(=O)N3CCNC(C)C3)cs2)cc1.Cl.Cl. The number of carbonyl (C=O) groups is 1. The van der Waals surface area contributed by atoms with Gasteiger partial charge >= 0.3 is 0 Å². The molecule has 1 aliphatic rings. The molecule has 1 aromatic heterocycles. The maximum absolute atomic E-state index is 12.4. The van der Waals surface area contributed by atoms with Gasteiger partial charge in [0.05, 0.1) is 12.1 Å². The number of aromatic nitrogens is 1. The van der Waals surface area contributed by atoms with Crippen molar-refractivity contribution < 1.29 is 4.79 Å². The van der Waals surface area contributed by atoms with Crippen LogP contribution in [-0.4, -0.2) is 41.5 Å². The topological polar surface area (TPSA) is 45.2 Å². The van der Waals surface area contributed by atoms with Crippen LogP contribution in [-0.2, 0) is 11.2 Å². The Morgan fingerprint density at radius 1 is 1.33 bits per heavy atom. The monoisotopic (exact) mass is 387 g/mol. The molecule has 0 aliphatic carbocycles. The Morgan fingerprint density at radius 2 is 2.04 bits per heavy atom. The second-order valence-electron chi connectivity index (χ2n) is 5.88. The Hall–Kier alpha value is -1.14. The number of halogens is 2. The van der Waals surface area contributed by atoms with Crippen LogP contribution in [0.1, 0.15) is 18.2 Å². The number of nitrogens with one attached hydrogen (secondary N) is 1. The summed E-state index contributed by atoms with van der Waals surface area (Å²) in [4.78, 5) is 18.9. The van der Waals surface area contributed by atoms with Gasteiger partial charge in [-0.2, -0.15) is 0 Å². The van der Waals surface area contributed by atoms with Gasteiger partial charge in [0, 0.05) is 36.6 Å². The molecular formula is C17H23Cl2N3OS. The summed E-state index contributed by atoms with van der Waals surface area (Å²) >= 11 is 1.60. The van der Waals surface area contributed by atoms with Crippen molar-refractivity contribution in [1.82, 2.24) is 15.2 Å². The van der Waals surface area contributed by atoms with E-state index in [0.717, 1.165) is 35.9 Å². The number of hydrogen-bond acceptors (Lipinski definition) is 4. The van der Waals surface area contributed by atoms with E-state index in [1.54, 1.807) is 11.3 Å². The molecule has 0 saturated carbocycles. The second kappa shape index (κ2) is 9.37. The number of hydrogen-bond donors (Lipinski definition) is 1. The molecule has 24 heavy (non-hydrogen) atoms. The van der Waals surface area contributed by atoms with E-state index in [2.05, 4.69) is 48.4 Å². The highest BCUT2D eigenvalue weighted by Crippen LogP contribution is 2.24. The molecule has 0 spiro atoms. The van der Waals surface area contributed by atoms with E-state index < -0.39 is 0 Å². The molecule has 1 aliphatic heterocycles. The maximum atomic E-state index is 12.4. The third kappa shape index (κ3) is 5.18. The van der Waals surface area contributed by atoms with Gasteiger partial charge in [-0.25, -0.2) is 4.98 Å². The fraction of sp³-hybridized carbons (Fsp3) is 0.412. The van der Waals surface area contributed by atoms with Gasteiger partial charge < -0.3 is 10.2 Å². The van der Waals surface area contributed by atoms with Crippen LogP contribution in [0, 0.1) is 6.92 Å². The Bertz CT molecular complexity index is 660. The van der Waals surface area contributed by atoms with Crippen molar-refractivity contribution in [3.8, 4) is 10.6 Å². The van der Waals surface area contributed by atoms with E-state index in [0.29, 0.717) is 12.5 Å². The second-order valence-corrected chi connectivity index (χ2v) is 6.74. The van der Waals surface area contributed by atoms with Crippen LogP contribution in [0.3, 0.4) is 0 Å². The zero-order valence-corrected chi connectivity index (χ0v) is 16.3. The summed E-state index contributed by atoms with van der Waals surface area (Å²) in [5, 5.41) is 6.33. The van der Waals surface area contributed by atoms with Crippen molar-refractivity contribution in [3.05, 3.63) is 40.9 Å². The number of aryl methyl sites for hydroxylation is 1. The summed E-state index contributed by atoms with van der Waals surface area (Å²) in [5.41, 5.74) is 3.23. The molecule has 1 unspecified atom stereocenters. The number of thiazole rings is 1. The number of nitrogens with zero attached hydrogens (tertiary/aromatic N) is 2. The van der Waals surface area contributed by atoms with E-state index in [1.807, 2.05) is 10.3 Å². The predicted octanol–water partition coefficient (Wildman–Crippen LogP) is 3.32. The van der Waals surface area contributed by atoms with E-state index >= 15 is 0 Å². The minimum absolute atomic E-state index is 0. The molecule has 2 aromatic rings. The quantitative estimate of drug-likeness (QED) is 0.878. The molecule has 2 heterocycles. The van der Waals surface area contributed by atoms with Gasteiger partial charge in [-0.3, -0.25) is 4.79 Å². The van der Waals surface area contributed by atoms with E-state index in [1.165, 1.54) is 5.56 Å². The van der Waals surface area contributed by atoms with Gasteiger partial charge in [0.2, 0.25) is 5.91 Å². The van der Waals surface area contributed by atoms with Crippen LogP contribution >= 0.6 is 36.2 Å². The average molecular weight is 388 g/mol. The summed E-state index contributed by atoms with van der Waals surface area (Å²) in [6.07, 6.45) is 0.398. The van der Waals surface area contributed by atoms with E-state index in [9.17, 15) is 4.79 Å². The lowest BCUT2D eigenvalue weighted by molar-refractivity contribution is -0.131. The molecular weight excluding hydrogens is 365 g/mol. The van der Waals surface area contributed by atoms with Crippen LogP contribution in [0.25, 0.3) is 10.6 Å². The van der Waals surface area contributed by atoms with Crippen molar-refractivity contribution in [2.75, 3.05) is 19.6 Å². The van der Waals surface area contributed by atoms with Crippen LogP contribution in [0.5, 0.6) is 0 Å². The maximum Gasteiger partial charge on any atom is 0.228 e. The van der Waals surface area contributed by atoms with E-state index in [-0.39, 0.29) is 30.7 Å². The van der Waals surface area contributed by atoms with Gasteiger partial charge in [-0.15, -0.1) is 36.2 Å². The third-order valence-corrected chi connectivity index (χ3v) is 4.84. The normalized spacial score (nSPS) is 16.9. The Balaban J connectivity index is 0.00000144. The van der Waals surface area contributed by atoms with Gasteiger partial charge in [0.15, 0.2) is 0 Å². The number of rotatable bonds is 3. The zero-order chi connectivity index (χ0) is 15.5. The van der Waals surface area contributed by atoms with Gasteiger partial charge in [0.1, 0.15) is 5.01 Å². The molecule has 3 rings (SSSR count). The summed E-state index contributed by atoms with van der Waals surface area (Å²) in [7, 11) is 0. The zero-order valence-electron chi connectivity index (χ0n) is 13.8. The first-order valence-electron chi connectivity index (χ1n) is 7.64. The Kier molecular flexibility index (Phi) is 8.16. The van der Waals surface area contributed by atoms with Crippen molar-refractivity contribution in [2.24, 2.45) is 0 Å². The molecule has 1 N–H and O–H groups in total. The fourth-order valence-electron chi connectivity index (χ4n) is 2.64. The van der Waals surface area contributed by atoms with Crippen LogP contribution in [0.15, 0.2) is 29.6 Å². The molecule has 1 atom stereocenters. The Labute approximate surface area is 159 Å². The fourth-order valence-corrected chi connectivity index (χ4v) is 3.47. The van der Waals surface area contributed by atoms with Crippen LogP contribution in [0.4, 0.5) is 0 Å². The number of amides is 1. The highest BCUT2D eigenvalue weighted by atomic mass is 35.5. The smallest absolute Gasteiger partial charge is 0.228 e. The first-order chi connectivity index (χ1) is 10.6. The third-order valence-electron chi connectivity index (χ3n) is 3.90. The largest absolute Gasteiger partial charge is 0.340 e. The Morgan fingerprint density at radius 3 is 2.71 bits per heavy atom. The highest BCUT2D eigenvalue weighted by Gasteiger charge is 2.21. The minimum atomic E-state index is 0. The molecule has 1 amide bonds. The summed E-state index contributed by atoms with van der Waals surface area (Å²) in [6, 6.07) is 8.71. The number of piperazine rings is 1. The molecule has 132 valence electrons.